The van der Waals surface area contributed by atoms with E-state index in [0.29, 0.717) is 19.3 Å². The van der Waals surface area contributed by atoms with E-state index in [-0.39, 0.29) is 0 Å². The fourth-order valence-electron chi connectivity index (χ4n) is 1.87. The Bertz CT molecular complexity index is 323. The van der Waals surface area contributed by atoms with Crippen LogP contribution in [0, 0.1) is 0 Å². The Morgan fingerprint density at radius 2 is 1.82 bits per heavy atom. The highest BCUT2D eigenvalue weighted by Crippen LogP contribution is 2.15. The van der Waals surface area contributed by atoms with Gasteiger partial charge in [-0.25, -0.2) is 0 Å². The molecule has 0 radical (unpaired) electrons. The minimum absolute atomic E-state index is 0.394. The molecule has 1 aromatic carbocycles. The number of halogens is 1. The van der Waals surface area contributed by atoms with E-state index < -0.39 is 0 Å². The predicted octanol–water partition coefficient (Wildman–Crippen LogP) is 2.49. The molecule has 94 valence electrons. The maximum atomic E-state index is 5.79. The molecule has 1 fully saturated rings. The molecule has 0 saturated carbocycles. The van der Waals surface area contributed by atoms with Gasteiger partial charge in [-0.15, -0.1) is 0 Å². The molecule has 1 aromatic rings. The van der Waals surface area contributed by atoms with Crippen molar-refractivity contribution in [2.75, 3.05) is 26.3 Å². The van der Waals surface area contributed by atoms with Crippen LogP contribution in [0.15, 0.2) is 24.3 Å². The average Bonchev–Trinajstić information content (AvgIpc) is 2.38. The van der Waals surface area contributed by atoms with Crippen molar-refractivity contribution in [1.29, 1.82) is 0 Å². The molecule has 0 atom stereocenters. The standard InChI is InChI=1S/C13H18ClNO2/c14-11-1-3-12(4-2-11)16-9-10-17-13-5-7-15-8-6-13/h1-4,13,15H,5-10H2. The second-order valence-electron chi connectivity index (χ2n) is 4.12. The molecule has 1 aliphatic heterocycles. The van der Waals surface area contributed by atoms with Crippen LogP contribution in [0.25, 0.3) is 0 Å². The molecule has 1 saturated heterocycles. The quantitative estimate of drug-likeness (QED) is 0.820. The zero-order valence-electron chi connectivity index (χ0n) is 9.82. The molecule has 1 aliphatic rings. The third kappa shape index (κ3) is 4.54. The van der Waals surface area contributed by atoms with Crippen LogP contribution in [-0.2, 0) is 4.74 Å². The summed E-state index contributed by atoms with van der Waals surface area (Å²) < 4.78 is 11.3. The van der Waals surface area contributed by atoms with Crippen molar-refractivity contribution in [3.05, 3.63) is 29.3 Å². The Balaban J connectivity index is 1.60. The molecule has 0 aromatic heterocycles. The maximum absolute atomic E-state index is 5.79. The van der Waals surface area contributed by atoms with Gasteiger partial charge >= 0.3 is 0 Å². The molecule has 0 unspecified atom stereocenters. The van der Waals surface area contributed by atoms with E-state index in [1.54, 1.807) is 0 Å². The second kappa shape index (κ2) is 6.84. The molecule has 3 nitrogen and oxygen atoms in total. The Labute approximate surface area is 107 Å². The van der Waals surface area contributed by atoms with E-state index in [9.17, 15) is 0 Å². The van der Waals surface area contributed by atoms with E-state index >= 15 is 0 Å². The lowest BCUT2D eigenvalue weighted by atomic mass is 10.1. The zero-order chi connectivity index (χ0) is 11.9. The highest BCUT2D eigenvalue weighted by atomic mass is 35.5. The third-order valence-corrected chi connectivity index (χ3v) is 3.06. The number of hydrogen-bond acceptors (Lipinski definition) is 3. The van der Waals surface area contributed by atoms with Crippen molar-refractivity contribution >= 4 is 11.6 Å². The van der Waals surface area contributed by atoms with Crippen LogP contribution in [0.4, 0.5) is 0 Å². The summed E-state index contributed by atoms with van der Waals surface area (Å²) in [7, 11) is 0. The molecular weight excluding hydrogens is 238 g/mol. The van der Waals surface area contributed by atoms with Crippen LogP contribution in [0.2, 0.25) is 5.02 Å². The average molecular weight is 256 g/mol. The molecule has 4 heteroatoms. The fourth-order valence-corrected chi connectivity index (χ4v) is 1.99. The Hall–Kier alpha value is -0.770. The maximum Gasteiger partial charge on any atom is 0.119 e. The fraction of sp³-hybridized carbons (Fsp3) is 0.538. The van der Waals surface area contributed by atoms with Gasteiger partial charge in [-0.05, 0) is 50.2 Å². The summed E-state index contributed by atoms with van der Waals surface area (Å²) in [6.45, 7) is 3.35. The molecule has 1 heterocycles. The van der Waals surface area contributed by atoms with E-state index in [0.717, 1.165) is 36.7 Å². The first-order valence-electron chi connectivity index (χ1n) is 6.05. The van der Waals surface area contributed by atoms with Crippen LogP contribution in [0.5, 0.6) is 5.75 Å². The van der Waals surface area contributed by atoms with Gasteiger partial charge in [0.05, 0.1) is 12.7 Å². The summed E-state index contributed by atoms with van der Waals surface area (Å²) in [5.74, 6) is 0.836. The highest BCUT2D eigenvalue weighted by molar-refractivity contribution is 6.30. The zero-order valence-corrected chi connectivity index (χ0v) is 10.6. The summed E-state index contributed by atoms with van der Waals surface area (Å²) in [4.78, 5) is 0. The predicted molar refractivity (Wildman–Crippen MR) is 68.8 cm³/mol. The number of piperidine rings is 1. The van der Waals surface area contributed by atoms with E-state index in [4.69, 9.17) is 21.1 Å². The summed E-state index contributed by atoms with van der Waals surface area (Å²) in [6.07, 6.45) is 2.59. The topological polar surface area (TPSA) is 30.5 Å². The van der Waals surface area contributed by atoms with Crippen molar-refractivity contribution in [2.45, 2.75) is 18.9 Å². The monoisotopic (exact) mass is 255 g/mol. The normalized spacial score (nSPS) is 17.0. The van der Waals surface area contributed by atoms with Gasteiger partial charge in [-0.1, -0.05) is 11.6 Å². The van der Waals surface area contributed by atoms with Crippen LogP contribution < -0.4 is 10.1 Å². The smallest absolute Gasteiger partial charge is 0.119 e. The largest absolute Gasteiger partial charge is 0.491 e. The van der Waals surface area contributed by atoms with Crippen LogP contribution in [-0.4, -0.2) is 32.4 Å². The third-order valence-electron chi connectivity index (χ3n) is 2.81. The molecule has 0 bridgehead atoms. The Morgan fingerprint density at radius 1 is 1.12 bits per heavy atom. The van der Waals surface area contributed by atoms with Gasteiger partial charge in [0.1, 0.15) is 12.4 Å². The molecule has 0 aliphatic carbocycles. The van der Waals surface area contributed by atoms with E-state index in [2.05, 4.69) is 5.32 Å². The van der Waals surface area contributed by atoms with Gasteiger partial charge in [-0.3, -0.25) is 0 Å². The van der Waals surface area contributed by atoms with Gasteiger partial charge in [0.25, 0.3) is 0 Å². The molecular formula is C13H18ClNO2. The minimum atomic E-state index is 0.394. The Kier molecular flexibility index (Phi) is 5.10. The molecule has 0 spiro atoms. The van der Waals surface area contributed by atoms with Gasteiger partial charge in [0, 0.05) is 5.02 Å². The van der Waals surface area contributed by atoms with Crippen LogP contribution >= 0.6 is 11.6 Å². The number of ether oxygens (including phenoxy) is 2. The van der Waals surface area contributed by atoms with Crippen molar-refractivity contribution in [2.24, 2.45) is 0 Å². The lowest BCUT2D eigenvalue weighted by Gasteiger charge is -2.22. The first-order chi connectivity index (χ1) is 8.34. The lowest BCUT2D eigenvalue weighted by Crippen LogP contribution is -2.33. The van der Waals surface area contributed by atoms with E-state index in [1.165, 1.54) is 0 Å². The highest BCUT2D eigenvalue weighted by Gasteiger charge is 2.12. The molecule has 2 rings (SSSR count). The lowest BCUT2D eigenvalue weighted by molar-refractivity contribution is 0.0168. The van der Waals surface area contributed by atoms with Crippen molar-refractivity contribution in [1.82, 2.24) is 5.32 Å². The number of hydrogen-bond donors (Lipinski definition) is 1. The molecule has 17 heavy (non-hydrogen) atoms. The second-order valence-corrected chi connectivity index (χ2v) is 4.56. The van der Waals surface area contributed by atoms with Gasteiger partial charge in [0.2, 0.25) is 0 Å². The number of nitrogens with one attached hydrogen (secondary N) is 1. The summed E-state index contributed by atoms with van der Waals surface area (Å²) in [5, 5.41) is 4.04. The van der Waals surface area contributed by atoms with E-state index in [1.807, 2.05) is 24.3 Å². The molecule has 1 N–H and O–H groups in total. The first-order valence-corrected chi connectivity index (χ1v) is 6.43. The number of rotatable bonds is 5. The van der Waals surface area contributed by atoms with Crippen molar-refractivity contribution < 1.29 is 9.47 Å². The Morgan fingerprint density at radius 3 is 2.53 bits per heavy atom. The summed E-state index contributed by atoms with van der Waals surface area (Å²) >= 11 is 5.79. The van der Waals surface area contributed by atoms with Crippen molar-refractivity contribution in [3.63, 3.8) is 0 Å². The van der Waals surface area contributed by atoms with Crippen molar-refractivity contribution in [3.8, 4) is 5.75 Å². The van der Waals surface area contributed by atoms with Crippen LogP contribution in [0.3, 0.4) is 0 Å². The number of benzene rings is 1. The van der Waals surface area contributed by atoms with Crippen LogP contribution in [0.1, 0.15) is 12.8 Å². The summed E-state index contributed by atoms with van der Waals surface area (Å²) in [5.41, 5.74) is 0. The SMILES string of the molecule is Clc1ccc(OCCOC2CCNCC2)cc1. The summed E-state index contributed by atoms with van der Waals surface area (Å²) in [6, 6.07) is 7.38. The van der Waals surface area contributed by atoms with Gasteiger partial charge in [0.15, 0.2) is 0 Å². The van der Waals surface area contributed by atoms with Gasteiger partial charge < -0.3 is 14.8 Å². The van der Waals surface area contributed by atoms with Gasteiger partial charge in [-0.2, -0.15) is 0 Å². The molecule has 0 amide bonds. The first kappa shape index (κ1) is 12.7. The minimum Gasteiger partial charge on any atom is -0.491 e.